The predicted molar refractivity (Wildman–Crippen MR) is 119 cm³/mol. The van der Waals surface area contributed by atoms with Gasteiger partial charge in [0.1, 0.15) is 0 Å². The molecule has 0 heterocycles. The fraction of sp³-hybridized carbons (Fsp3) is 0.435. The number of anilines is 1. The van der Waals surface area contributed by atoms with E-state index in [0.29, 0.717) is 6.42 Å². The van der Waals surface area contributed by atoms with Crippen LogP contribution in [0.3, 0.4) is 0 Å². The van der Waals surface area contributed by atoms with Crippen LogP contribution >= 0.6 is 11.6 Å². The molecular formula is C23H24ClF2NO5S. The largest absolute Gasteiger partial charge is 0.393 e. The van der Waals surface area contributed by atoms with Crippen molar-refractivity contribution >= 4 is 33.0 Å². The van der Waals surface area contributed by atoms with Crippen molar-refractivity contribution in [2.45, 2.75) is 54.5 Å². The van der Waals surface area contributed by atoms with Crippen LogP contribution in [0.15, 0.2) is 41.3 Å². The number of aliphatic hydroxyl groups excluding tert-OH is 1. The minimum Gasteiger partial charge on any atom is -0.393 e. The first-order chi connectivity index (χ1) is 15.4. The normalized spacial score (nSPS) is 27.5. The van der Waals surface area contributed by atoms with Gasteiger partial charge in [-0.05, 0) is 68.4 Å². The molecule has 3 fully saturated rings. The first-order valence-corrected chi connectivity index (χ1v) is 12.5. The van der Waals surface area contributed by atoms with Crippen LogP contribution in [0.1, 0.15) is 43.0 Å². The fourth-order valence-electron chi connectivity index (χ4n) is 5.14. The number of fused-ring (bicyclic) bond motifs is 2. The van der Waals surface area contributed by atoms with Crippen LogP contribution in [0.4, 0.5) is 14.5 Å². The minimum atomic E-state index is -3.91. The molecule has 0 radical (unpaired) electrons. The molecule has 2 aromatic rings. The van der Waals surface area contributed by atoms with E-state index < -0.39 is 44.3 Å². The molecule has 3 N–H and O–H groups in total. The van der Waals surface area contributed by atoms with Gasteiger partial charge in [-0.3, -0.25) is 4.79 Å². The second kappa shape index (κ2) is 8.61. The molecule has 5 rings (SSSR count). The molecule has 178 valence electrons. The average molecular weight is 500 g/mol. The van der Waals surface area contributed by atoms with Gasteiger partial charge in [0, 0.05) is 23.7 Å². The zero-order valence-corrected chi connectivity index (χ0v) is 19.3. The topological polar surface area (TPSA) is 104 Å². The van der Waals surface area contributed by atoms with Gasteiger partial charge in [-0.15, -0.1) is 0 Å². The number of benzene rings is 2. The molecule has 0 aromatic heterocycles. The fourth-order valence-corrected chi connectivity index (χ4v) is 7.54. The van der Waals surface area contributed by atoms with Gasteiger partial charge in [-0.1, -0.05) is 11.6 Å². The summed E-state index contributed by atoms with van der Waals surface area (Å²) in [6.45, 7) is 1.59. The van der Waals surface area contributed by atoms with Crippen LogP contribution in [-0.4, -0.2) is 41.5 Å². The van der Waals surface area contributed by atoms with Gasteiger partial charge in [0.2, 0.25) is 0 Å². The maximum absolute atomic E-state index is 13.4. The van der Waals surface area contributed by atoms with Gasteiger partial charge in [-0.2, -0.15) is 0 Å². The molecule has 3 aliphatic rings. The van der Waals surface area contributed by atoms with E-state index in [-0.39, 0.29) is 52.3 Å². The van der Waals surface area contributed by atoms with E-state index in [1.165, 1.54) is 24.3 Å². The quantitative estimate of drug-likeness (QED) is 0.558. The Morgan fingerprint density at radius 2 is 1.82 bits per heavy atom. The van der Waals surface area contributed by atoms with Crippen LogP contribution < -0.4 is 5.32 Å². The molecule has 1 amide bonds. The Balaban J connectivity index is 1.55. The third-order valence-electron chi connectivity index (χ3n) is 6.82. The number of hydrogen-bond acceptors (Lipinski definition) is 5. The van der Waals surface area contributed by atoms with E-state index in [1.54, 1.807) is 6.92 Å². The molecule has 3 atom stereocenters. The van der Waals surface area contributed by atoms with Gasteiger partial charge in [-0.25, -0.2) is 17.2 Å². The van der Waals surface area contributed by atoms with Crippen molar-refractivity contribution in [1.29, 1.82) is 0 Å². The lowest BCUT2D eigenvalue weighted by molar-refractivity contribution is -0.191. The summed E-state index contributed by atoms with van der Waals surface area (Å²) in [5.41, 5.74) is -1.05. The Morgan fingerprint density at radius 1 is 1.15 bits per heavy atom. The highest BCUT2D eigenvalue weighted by atomic mass is 35.5. The van der Waals surface area contributed by atoms with Crippen LogP contribution in [0.5, 0.6) is 0 Å². The van der Waals surface area contributed by atoms with E-state index >= 15 is 0 Å². The van der Waals surface area contributed by atoms with Crippen molar-refractivity contribution in [3.63, 3.8) is 0 Å². The number of amides is 1. The van der Waals surface area contributed by atoms with E-state index in [9.17, 15) is 32.2 Å². The molecule has 3 unspecified atom stereocenters. The van der Waals surface area contributed by atoms with Crippen LogP contribution in [0.25, 0.3) is 0 Å². The van der Waals surface area contributed by atoms with Crippen molar-refractivity contribution in [3.8, 4) is 0 Å². The van der Waals surface area contributed by atoms with Gasteiger partial charge in [0.05, 0.1) is 26.9 Å². The summed E-state index contributed by atoms with van der Waals surface area (Å²) in [5.74, 6) is -3.35. The number of carbonyl (C=O) groups excluding carboxylic acids is 1. The third kappa shape index (κ3) is 4.39. The predicted octanol–water partition coefficient (Wildman–Crippen LogP) is 3.94. The lowest BCUT2D eigenvalue weighted by atomic mass is 9.52. The summed E-state index contributed by atoms with van der Waals surface area (Å²) < 4.78 is 53.3. The van der Waals surface area contributed by atoms with Gasteiger partial charge in [0.25, 0.3) is 5.91 Å². The van der Waals surface area contributed by atoms with Gasteiger partial charge < -0.3 is 15.5 Å². The summed E-state index contributed by atoms with van der Waals surface area (Å²) in [7, 11) is -3.91. The van der Waals surface area contributed by atoms with Gasteiger partial charge >= 0.3 is 0 Å². The first kappa shape index (κ1) is 24.1. The number of carbonyl (C=O) groups is 1. The zero-order chi connectivity index (χ0) is 24.1. The first-order valence-electron chi connectivity index (χ1n) is 10.6. The molecule has 0 aliphatic heterocycles. The molecule has 3 aliphatic carbocycles. The SMILES string of the molecule is CC(O)CC1(O)C2CC1CC(S(=O)(=O)c1cc(C(=O)Nc3ccc(F)c(F)c3)ccc1Cl)C2. The Labute approximate surface area is 195 Å². The standard InChI is InChI=1S/C23H24ClF2NO5S/c1-12(28)11-23(30)14-7-15(23)9-17(8-14)33(31,32)21-6-13(2-4-18(21)24)22(29)27-16-3-5-19(25)20(26)10-16/h2-6,10,12,14-15,17,28,30H,7-9,11H2,1H3,(H,27,29). The lowest BCUT2D eigenvalue weighted by Gasteiger charge is -2.58. The van der Waals surface area contributed by atoms with E-state index in [2.05, 4.69) is 5.32 Å². The molecule has 0 saturated heterocycles. The number of hydrogen-bond donors (Lipinski definition) is 3. The molecule has 2 bridgehead atoms. The van der Waals surface area contributed by atoms with Crippen molar-refractivity contribution in [1.82, 2.24) is 0 Å². The van der Waals surface area contributed by atoms with Crippen molar-refractivity contribution in [2.24, 2.45) is 11.8 Å². The maximum Gasteiger partial charge on any atom is 0.255 e. The van der Waals surface area contributed by atoms with Crippen LogP contribution in [0.2, 0.25) is 5.02 Å². The monoisotopic (exact) mass is 499 g/mol. The highest BCUT2D eigenvalue weighted by Gasteiger charge is 2.60. The molecule has 2 aromatic carbocycles. The molecular weight excluding hydrogens is 476 g/mol. The summed E-state index contributed by atoms with van der Waals surface area (Å²) in [5, 5.41) is 22.2. The third-order valence-corrected chi connectivity index (χ3v) is 9.47. The summed E-state index contributed by atoms with van der Waals surface area (Å²) >= 11 is 6.19. The summed E-state index contributed by atoms with van der Waals surface area (Å²) in [4.78, 5) is 12.4. The zero-order valence-electron chi connectivity index (χ0n) is 17.8. The van der Waals surface area contributed by atoms with Gasteiger partial charge in [0.15, 0.2) is 21.5 Å². The number of nitrogens with one attached hydrogen (secondary N) is 1. The Hall–Kier alpha value is -2.07. The summed E-state index contributed by atoms with van der Waals surface area (Å²) in [6.07, 6.45) is 0.704. The number of rotatable bonds is 6. The smallest absolute Gasteiger partial charge is 0.255 e. The number of sulfone groups is 1. The van der Waals surface area contributed by atoms with E-state index in [4.69, 9.17) is 11.6 Å². The highest BCUT2D eigenvalue weighted by Crippen LogP contribution is 2.57. The molecule has 6 nitrogen and oxygen atoms in total. The van der Waals surface area contributed by atoms with Crippen molar-refractivity contribution in [3.05, 3.63) is 58.6 Å². The molecule has 33 heavy (non-hydrogen) atoms. The van der Waals surface area contributed by atoms with E-state index in [1.807, 2.05) is 0 Å². The maximum atomic E-state index is 13.4. The summed E-state index contributed by atoms with van der Waals surface area (Å²) in [6, 6.07) is 6.71. The molecule has 10 heteroatoms. The lowest BCUT2D eigenvalue weighted by Crippen LogP contribution is -2.62. The molecule has 3 saturated carbocycles. The Kier molecular flexibility index (Phi) is 6.28. The Morgan fingerprint density at radius 3 is 2.42 bits per heavy atom. The van der Waals surface area contributed by atoms with E-state index in [0.717, 1.165) is 12.1 Å². The Bertz CT molecular complexity index is 1190. The number of aliphatic hydroxyl groups is 2. The second-order valence-corrected chi connectivity index (χ2v) is 11.6. The highest BCUT2D eigenvalue weighted by molar-refractivity contribution is 7.92. The minimum absolute atomic E-state index is 0.00529. The van der Waals surface area contributed by atoms with Crippen molar-refractivity contribution < 1.29 is 32.2 Å². The van der Waals surface area contributed by atoms with Crippen LogP contribution in [0, 0.1) is 23.5 Å². The average Bonchev–Trinajstić information content (AvgIpc) is 2.76. The number of halogens is 3. The second-order valence-electron chi connectivity index (χ2n) is 9.04. The molecule has 0 spiro atoms. The van der Waals surface area contributed by atoms with Crippen LogP contribution in [-0.2, 0) is 9.84 Å². The van der Waals surface area contributed by atoms with Crippen molar-refractivity contribution in [2.75, 3.05) is 5.32 Å².